The van der Waals surface area contributed by atoms with Gasteiger partial charge in [0, 0.05) is 24.8 Å². The standard InChI is InChI=1S/C15H25N3O2/c1-4-13-12(11-17(3)16-13)14(10-15(19)20-5-2)18-8-6-7-9-18/h11,14H,4-10H2,1-3H3. The van der Waals surface area contributed by atoms with E-state index in [-0.39, 0.29) is 12.0 Å². The SMILES string of the molecule is CCOC(=O)CC(c1cn(C)nc1CC)N1CCCC1. The summed E-state index contributed by atoms with van der Waals surface area (Å²) in [6.07, 6.45) is 5.79. The minimum Gasteiger partial charge on any atom is -0.466 e. The highest BCUT2D eigenvalue weighted by Gasteiger charge is 2.29. The number of aryl methyl sites for hydroxylation is 2. The molecule has 0 amide bonds. The van der Waals surface area contributed by atoms with Crippen molar-refractivity contribution < 1.29 is 9.53 Å². The van der Waals surface area contributed by atoms with E-state index in [1.807, 2.05) is 18.7 Å². The molecule has 0 radical (unpaired) electrons. The van der Waals surface area contributed by atoms with Crippen LogP contribution in [-0.4, -0.2) is 40.3 Å². The van der Waals surface area contributed by atoms with E-state index in [1.54, 1.807) is 0 Å². The van der Waals surface area contributed by atoms with Crippen molar-refractivity contribution in [2.45, 2.75) is 45.6 Å². The van der Waals surface area contributed by atoms with Gasteiger partial charge in [0.25, 0.3) is 0 Å². The first-order valence-electron chi connectivity index (χ1n) is 7.57. The summed E-state index contributed by atoms with van der Waals surface area (Å²) < 4.78 is 6.99. The van der Waals surface area contributed by atoms with Gasteiger partial charge in [-0.25, -0.2) is 0 Å². The van der Waals surface area contributed by atoms with Crippen molar-refractivity contribution in [3.63, 3.8) is 0 Å². The summed E-state index contributed by atoms with van der Waals surface area (Å²) in [4.78, 5) is 14.3. The second-order valence-electron chi connectivity index (χ2n) is 5.33. The largest absolute Gasteiger partial charge is 0.466 e. The third kappa shape index (κ3) is 3.39. The molecule has 0 aromatic carbocycles. The smallest absolute Gasteiger partial charge is 0.307 e. The van der Waals surface area contributed by atoms with E-state index in [9.17, 15) is 4.79 Å². The molecule has 2 rings (SSSR count). The Labute approximate surface area is 120 Å². The van der Waals surface area contributed by atoms with Crippen LogP contribution in [0, 0.1) is 0 Å². The summed E-state index contributed by atoms with van der Waals surface area (Å²) in [5.41, 5.74) is 2.28. The van der Waals surface area contributed by atoms with Gasteiger partial charge in [-0.3, -0.25) is 14.4 Å². The molecule has 2 heterocycles. The van der Waals surface area contributed by atoms with Crippen molar-refractivity contribution in [3.8, 4) is 0 Å². The molecule has 1 unspecified atom stereocenters. The molecule has 1 aliphatic heterocycles. The number of esters is 1. The van der Waals surface area contributed by atoms with Crippen molar-refractivity contribution in [2.75, 3.05) is 19.7 Å². The fraction of sp³-hybridized carbons (Fsp3) is 0.733. The monoisotopic (exact) mass is 279 g/mol. The molecule has 5 heteroatoms. The first-order chi connectivity index (χ1) is 9.65. The van der Waals surface area contributed by atoms with Crippen LogP contribution in [0.2, 0.25) is 0 Å². The normalized spacial score (nSPS) is 17.4. The fourth-order valence-corrected chi connectivity index (χ4v) is 2.97. The van der Waals surface area contributed by atoms with Crippen molar-refractivity contribution in [1.29, 1.82) is 0 Å². The van der Waals surface area contributed by atoms with Crippen LogP contribution in [0.1, 0.15) is 50.4 Å². The lowest BCUT2D eigenvalue weighted by molar-refractivity contribution is -0.144. The summed E-state index contributed by atoms with van der Waals surface area (Å²) in [6.45, 7) is 6.52. The zero-order valence-corrected chi connectivity index (χ0v) is 12.8. The predicted octanol–water partition coefficient (Wildman–Crippen LogP) is 2.07. The van der Waals surface area contributed by atoms with E-state index in [2.05, 4.69) is 23.1 Å². The van der Waals surface area contributed by atoms with Crippen LogP contribution in [0.3, 0.4) is 0 Å². The zero-order chi connectivity index (χ0) is 14.5. The minimum atomic E-state index is -0.115. The van der Waals surface area contributed by atoms with Crippen LogP contribution in [0.4, 0.5) is 0 Å². The average molecular weight is 279 g/mol. The Morgan fingerprint density at radius 3 is 2.70 bits per heavy atom. The quantitative estimate of drug-likeness (QED) is 0.748. The van der Waals surface area contributed by atoms with E-state index in [0.29, 0.717) is 13.0 Å². The van der Waals surface area contributed by atoms with E-state index in [4.69, 9.17) is 4.74 Å². The topological polar surface area (TPSA) is 47.4 Å². The van der Waals surface area contributed by atoms with Crippen LogP contribution < -0.4 is 0 Å². The van der Waals surface area contributed by atoms with Crippen LogP contribution >= 0.6 is 0 Å². The van der Waals surface area contributed by atoms with Crippen molar-refractivity contribution >= 4 is 5.97 Å². The average Bonchev–Trinajstić information content (AvgIpc) is 3.05. The van der Waals surface area contributed by atoms with Crippen LogP contribution in [-0.2, 0) is 23.0 Å². The molecule has 1 atom stereocenters. The number of carbonyl (C=O) groups is 1. The first-order valence-corrected chi connectivity index (χ1v) is 7.57. The van der Waals surface area contributed by atoms with E-state index < -0.39 is 0 Å². The molecule has 0 saturated carbocycles. The molecule has 0 aliphatic carbocycles. The molecule has 1 aromatic heterocycles. The maximum atomic E-state index is 11.9. The Hall–Kier alpha value is -1.36. The lowest BCUT2D eigenvalue weighted by Crippen LogP contribution is -2.28. The Balaban J connectivity index is 2.22. The van der Waals surface area contributed by atoms with Gasteiger partial charge in [0.1, 0.15) is 0 Å². The van der Waals surface area contributed by atoms with Gasteiger partial charge in [-0.1, -0.05) is 6.92 Å². The number of nitrogens with zero attached hydrogens (tertiary/aromatic N) is 3. The molecule has 1 aliphatic rings. The number of hydrogen-bond donors (Lipinski definition) is 0. The summed E-state index contributed by atoms with van der Waals surface area (Å²) in [5.74, 6) is -0.115. The van der Waals surface area contributed by atoms with Crippen LogP contribution in [0.15, 0.2) is 6.20 Å². The van der Waals surface area contributed by atoms with Crippen molar-refractivity contribution in [1.82, 2.24) is 14.7 Å². The lowest BCUT2D eigenvalue weighted by Gasteiger charge is -2.26. The second kappa shape index (κ2) is 6.88. The number of rotatable bonds is 6. The van der Waals surface area contributed by atoms with Gasteiger partial charge in [-0.2, -0.15) is 5.10 Å². The first kappa shape index (κ1) is 15.0. The summed E-state index contributed by atoms with van der Waals surface area (Å²) >= 11 is 0. The number of hydrogen-bond acceptors (Lipinski definition) is 4. The number of likely N-dealkylation sites (tertiary alicyclic amines) is 1. The van der Waals surface area contributed by atoms with Gasteiger partial charge in [0.05, 0.1) is 18.7 Å². The highest BCUT2D eigenvalue weighted by Crippen LogP contribution is 2.30. The van der Waals surface area contributed by atoms with Gasteiger partial charge in [0.15, 0.2) is 0 Å². The predicted molar refractivity (Wildman–Crippen MR) is 77.4 cm³/mol. The Morgan fingerprint density at radius 1 is 1.40 bits per heavy atom. The van der Waals surface area contributed by atoms with Gasteiger partial charge in [0.2, 0.25) is 0 Å². The van der Waals surface area contributed by atoms with Gasteiger partial charge >= 0.3 is 5.97 Å². The molecular formula is C15H25N3O2. The summed E-state index contributed by atoms with van der Waals surface area (Å²) in [7, 11) is 1.94. The summed E-state index contributed by atoms with van der Waals surface area (Å²) in [6, 6.07) is 0.111. The highest BCUT2D eigenvalue weighted by molar-refractivity contribution is 5.70. The lowest BCUT2D eigenvalue weighted by atomic mass is 10.0. The second-order valence-corrected chi connectivity index (χ2v) is 5.33. The zero-order valence-electron chi connectivity index (χ0n) is 12.8. The fourth-order valence-electron chi connectivity index (χ4n) is 2.97. The Bertz CT molecular complexity index is 450. The van der Waals surface area contributed by atoms with Crippen molar-refractivity contribution in [3.05, 3.63) is 17.5 Å². The molecule has 1 saturated heterocycles. The highest BCUT2D eigenvalue weighted by atomic mass is 16.5. The maximum absolute atomic E-state index is 11.9. The molecule has 0 N–H and O–H groups in total. The molecule has 1 fully saturated rings. The third-order valence-corrected chi connectivity index (χ3v) is 3.88. The summed E-state index contributed by atoms with van der Waals surface area (Å²) in [5, 5.41) is 4.51. The minimum absolute atomic E-state index is 0.111. The Morgan fingerprint density at radius 2 is 2.10 bits per heavy atom. The molecule has 0 bridgehead atoms. The van der Waals surface area contributed by atoms with E-state index in [1.165, 1.54) is 18.4 Å². The Kier molecular flexibility index (Phi) is 5.17. The molecular weight excluding hydrogens is 254 g/mol. The third-order valence-electron chi connectivity index (χ3n) is 3.88. The molecule has 5 nitrogen and oxygen atoms in total. The van der Waals surface area contributed by atoms with Crippen LogP contribution in [0.5, 0.6) is 0 Å². The van der Waals surface area contributed by atoms with Gasteiger partial charge < -0.3 is 4.74 Å². The molecule has 112 valence electrons. The van der Waals surface area contributed by atoms with Gasteiger partial charge in [-0.05, 0) is 39.3 Å². The molecule has 1 aromatic rings. The van der Waals surface area contributed by atoms with Gasteiger partial charge in [-0.15, -0.1) is 0 Å². The number of aromatic nitrogens is 2. The maximum Gasteiger partial charge on any atom is 0.307 e. The number of carbonyl (C=O) groups excluding carboxylic acids is 1. The van der Waals surface area contributed by atoms with Crippen LogP contribution in [0.25, 0.3) is 0 Å². The van der Waals surface area contributed by atoms with E-state index >= 15 is 0 Å². The molecule has 20 heavy (non-hydrogen) atoms. The number of ether oxygens (including phenoxy) is 1. The molecule has 0 spiro atoms. The van der Waals surface area contributed by atoms with E-state index in [0.717, 1.165) is 25.2 Å². The van der Waals surface area contributed by atoms with Crippen molar-refractivity contribution in [2.24, 2.45) is 7.05 Å².